The molecule has 0 aliphatic rings. The predicted molar refractivity (Wildman–Crippen MR) is 87.4 cm³/mol. The average Bonchev–Trinajstić information content (AvgIpc) is 2.46. The summed E-state index contributed by atoms with van der Waals surface area (Å²) in [5.74, 6) is 0.898. The van der Waals surface area contributed by atoms with Gasteiger partial charge in [0.2, 0.25) is 0 Å². The van der Waals surface area contributed by atoms with E-state index in [0.717, 1.165) is 12.4 Å². The van der Waals surface area contributed by atoms with Crippen LogP contribution in [-0.2, 0) is 23.3 Å². The fourth-order valence-electron chi connectivity index (χ4n) is 2.15. The number of ether oxygens (including phenoxy) is 1. The molecule has 0 radical (unpaired) electrons. The lowest BCUT2D eigenvalue weighted by Crippen LogP contribution is -2.12. The smallest absolute Gasteiger partial charge is 0.126 e. The number of anilines is 1. The van der Waals surface area contributed by atoms with E-state index in [-0.39, 0.29) is 5.41 Å². The maximum absolute atomic E-state index is 5.23. The van der Waals surface area contributed by atoms with E-state index in [1.54, 1.807) is 7.11 Å². The molecule has 0 amide bonds. The summed E-state index contributed by atoms with van der Waals surface area (Å²) in [4.78, 5) is 4.49. The van der Waals surface area contributed by atoms with Gasteiger partial charge < -0.3 is 10.1 Å². The highest BCUT2D eigenvalue weighted by atomic mass is 16.5. The van der Waals surface area contributed by atoms with Gasteiger partial charge in [0.1, 0.15) is 5.82 Å². The Hall–Kier alpha value is -1.87. The Bertz CT molecular complexity index is 571. The van der Waals surface area contributed by atoms with Crippen LogP contribution in [0.3, 0.4) is 0 Å². The number of nitrogens with one attached hydrogen (secondary N) is 1. The van der Waals surface area contributed by atoms with Crippen LogP contribution in [0.1, 0.15) is 37.5 Å². The number of nitrogens with zero attached hydrogens (tertiary/aromatic N) is 1. The number of aromatic nitrogens is 1. The average molecular weight is 284 g/mol. The quantitative estimate of drug-likeness (QED) is 0.896. The highest BCUT2D eigenvalue weighted by molar-refractivity contribution is 5.39. The molecule has 0 bridgehead atoms. The molecular formula is C18H24N2O. The van der Waals surface area contributed by atoms with Gasteiger partial charge >= 0.3 is 0 Å². The number of pyridine rings is 1. The molecule has 0 atom stereocenters. The third kappa shape index (κ3) is 4.30. The molecule has 1 aromatic carbocycles. The van der Waals surface area contributed by atoms with E-state index < -0.39 is 0 Å². The summed E-state index contributed by atoms with van der Waals surface area (Å²) >= 11 is 0. The van der Waals surface area contributed by atoms with Crippen molar-refractivity contribution in [3.05, 3.63) is 59.3 Å². The van der Waals surface area contributed by atoms with Crippen LogP contribution >= 0.6 is 0 Å². The lowest BCUT2D eigenvalue weighted by molar-refractivity contribution is 0.184. The Morgan fingerprint density at radius 3 is 2.33 bits per heavy atom. The van der Waals surface area contributed by atoms with Gasteiger partial charge in [0.25, 0.3) is 0 Å². The van der Waals surface area contributed by atoms with E-state index in [2.05, 4.69) is 49.3 Å². The van der Waals surface area contributed by atoms with Crippen molar-refractivity contribution in [2.75, 3.05) is 12.4 Å². The second-order valence-electron chi connectivity index (χ2n) is 6.24. The zero-order chi connectivity index (χ0) is 15.3. The monoisotopic (exact) mass is 284 g/mol. The summed E-state index contributed by atoms with van der Waals surface area (Å²) in [5, 5.41) is 3.37. The molecule has 2 aromatic rings. The number of rotatable bonds is 5. The van der Waals surface area contributed by atoms with Crippen molar-refractivity contribution in [3.8, 4) is 0 Å². The van der Waals surface area contributed by atoms with Gasteiger partial charge in [0, 0.05) is 19.9 Å². The number of hydrogen-bond acceptors (Lipinski definition) is 3. The first-order chi connectivity index (χ1) is 10.0. The molecular weight excluding hydrogens is 260 g/mol. The van der Waals surface area contributed by atoms with Crippen molar-refractivity contribution in [1.82, 2.24) is 4.98 Å². The zero-order valence-electron chi connectivity index (χ0n) is 13.3. The van der Waals surface area contributed by atoms with Crippen molar-refractivity contribution < 1.29 is 4.74 Å². The normalized spacial score (nSPS) is 11.4. The molecule has 1 N–H and O–H groups in total. The fraction of sp³-hybridized carbons (Fsp3) is 0.389. The molecule has 1 aromatic heterocycles. The van der Waals surface area contributed by atoms with E-state index >= 15 is 0 Å². The van der Waals surface area contributed by atoms with Gasteiger partial charge in [-0.15, -0.1) is 0 Å². The van der Waals surface area contributed by atoms with Crippen LogP contribution in [0.5, 0.6) is 0 Å². The van der Waals surface area contributed by atoms with Gasteiger partial charge in [-0.3, -0.25) is 0 Å². The minimum Gasteiger partial charge on any atom is -0.380 e. The number of benzene rings is 1. The number of methoxy groups -OCH3 is 1. The summed E-state index contributed by atoms with van der Waals surface area (Å²) < 4.78 is 5.23. The van der Waals surface area contributed by atoms with Gasteiger partial charge in [-0.2, -0.15) is 0 Å². The van der Waals surface area contributed by atoms with Crippen LogP contribution in [0.4, 0.5) is 5.82 Å². The molecule has 0 fully saturated rings. The minimum atomic E-state index is 0.136. The predicted octanol–water partition coefficient (Wildman–Crippen LogP) is 4.14. The summed E-state index contributed by atoms with van der Waals surface area (Å²) in [5.41, 5.74) is 3.82. The summed E-state index contributed by atoms with van der Waals surface area (Å²) in [6, 6.07) is 12.5. The second kappa shape index (κ2) is 6.72. The first-order valence-electron chi connectivity index (χ1n) is 7.27. The van der Waals surface area contributed by atoms with E-state index in [1.807, 2.05) is 24.4 Å². The molecule has 1 heterocycles. The SMILES string of the molecule is COCc1ccccc1CNc1ccc(C(C)(C)C)cn1. The van der Waals surface area contributed by atoms with Gasteiger partial charge in [-0.25, -0.2) is 4.98 Å². The maximum atomic E-state index is 5.23. The number of hydrogen-bond donors (Lipinski definition) is 1. The first kappa shape index (κ1) is 15.5. The van der Waals surface area contributed by atoms with Crippen LogP contribution in [-0.4, -0.2) is 12.1 Å². The molecule has 21 heavy (non-hydrogen) atoms. The Kier molecular flexibility index (Phi) is 4.97. The van der Waals surface area contributed by atoms with Gasteiger partial charge in [-0.05, 0) is 28.2 Å². The van der Waals surface area contributed by atoms with Crippen LogP contribution in [0, 0.1) is 0 Å². The second-order valence-corrected chi connectivity index (χ2v) is 6.24. The van der Waals surface area contributed by atoms with E-state index in [1.165, 1.54) is 16.7 Å². The molecule has 0 saturated carbocycles. The molecule has 0 spiro atoms. The largest absolute Gasteiger partial charge is 0.380 e. The maximum Gasteiger partial charge on any atom is 0.126 e. The van der Waals surface area contributed by atoms with Crippen molar-refractivity contribution in [3.63, 3.8) is 0 Å². The zero-order valence-corrected chi connectivity index (χ0v) is 13.3. The van der Waals surface area contributed by atoms with E-state index in [9.17, 15) is 0 Å². The lowest BCUT2D eigenvalue weighted by atomic mass is 9.88. The summed E-state index contributed by atoms with van der Waals surface area (Å²) in [6.45, 7) is 7.96. The highest BCUT2D eigenvalue weighted by Gasteiger charge is 2.13. The summed E-state index contributed by atoms with van der Waals surface area (Å²) in [7, 11) is 1.72. The lowest BCUT2D eigenvalue weighted by Gasteiger charge is -2.18. The molecule has 2 rings (SSSR count). The molecule has 0 aliphatic heterocycles. The van der Waals surface area contributed by atoms with Crippen molar-refractivity contribution in [2.24, 2.45) is 0 Å². The minimum absolute atomic E-state index is 0.136. The molecule has 3 nitrogen and oxygen atoms in total. The molecule has 0 saturated heterocycles. The Labute approximate surface area is 127 Å². The first-order valence-corrected chi connectivity index (χ1v) is 7.27. The standard InChI is InChI=1S/C18H24N2O/c1-18(2,3)16-9-10-17(20-12-16)19-11-14-7-5-6-8-15(14)13-21-4/h5-10,12H,11,13H2,1-4H3,(H,19,20). The van der Waals surface area contributed by atoms with Crippen molar-refractivity contribution in [1.29, 1.82) is 0 Å². The van der Waals surface area contributed by atoms with Crippen LogP contribution in [0.2, 0.25) is 0 Å². The Balaban J connectivity index is 2.03. The highest BCUT2D eigenvalue weighted by Crippen LogP contribution is 2.22. The van der Waals surface area contributed by atoms with Crippen LogP contribution < -0.4 is 5.32 Å². The molecule has 0 aliphatic carbocycles. The van der Waals surface area contributed by atoms with Crippen molar-refractivity contribution >= 4 is 5.82 Å². The van der Waals surface area contributed by atoms with Crippen molar-refractivity contribution in [2.45, 2.75) is 39.3 Å². The molecule has 0 unspecified atom stereocenters. The summed E-state index contributed by atoms with van der Waals surface area (Å²) in [6.07, 6.45) is 1.95. The third-order valence-corrected chi connectivity index (χ3v) is 3.51. The Morgan fingerprint density at radius 2 is 1.76 bits per heavy atom. The fourth-order valence-corrected chi connectivity index (χ4v) is 2.15. The third-order valence-electron chi connectivity index (χ3n) is 3.51. The van der Waals surface area contributed by atoms with E-state index in [4.69, 9.17) is 4.74 Å². The van der Waals surface area contributed by atoms with Gasteiger partial charge in [0.05, 0.1) is 6.61 Å². The Morgan fingerprint density at radius 1 is 1.05 bits per heavy atom. The topological polar surface area (TPSA) is 34.1 Å². The van der Waals surface area contributed by atoms with Crippen LogP contribution in [0.15, 0.2) is 42.6 Å². The van der Waals surface area contributed by atoms with Gasteiger partial charge in [0.15, 0.2) is 0 Å². The molecule has 112 valence electrons. The van der Waals surface area contributed by atoms with Crippen LogP contribution in [0.25, 0.3) is 0 Å². The van der Waals surface area contributed by atoms with Gasteiger partial charge in [-0.1, -0.05) is 51.1 Å². The van der Waals surface area contributed by atoms with E-state index in [0.29, 0.717) is 6.61 Å². The molecule has 3 heteroatoms.